The van der Waals surface area contributed by atoms with Gasteiger partial charge < -0.3 is 15.2 Å². The van der Waals surface area contributed by atoms with Crippen molar-refractivity contribution in [2.24, 2.45) is 4.99 Å². The van der Waals surface area contributed by atoms with Crippen LogP contribution < -0.4 is 10.6 Å². The van der Waals surface area contributed by atoms with Gasteiger partial charge in [-0.2, -0.15) is 13.2 Å². The van der Waals surface area contributed by atoms with Gasteiger partial charge in [0, 0.05) is 17.8 Å². The third-order valence-electron chi connectivity index (χ3n) is 5.31. The van der Waals surface area contributed by atoms with Crippen molar-refractivity contribution in [3.05, 3.63) is 54.1 Å². The molecule has 33 heavy (non-hydrogen) atoms. The highest BCUT2D eigenvalue weighted by atomic mass is 32.2. The van der Waals surface area contributed by atoms with Gasteiger partial charge >= 0.3 is 6.18 Å². The van der Waals surface area contributed by atoms with E-state index in [1.54, 1.807) is 18.6 Å². The number of anilines is 1. The van der Waals surface area contributed by atoms with E-state index in [2.05, 4.69) is 25.6 Å². The number of aromatic nitrogens is 3. The van der Waals surface area contributed by atoms with Crippen molar-refractivity contribution in [3.8, 4) is 0 Å². The number of carbonyl (C=O) groups is 1. The molecule has 2 aromatic heterocycles. The minimum atomic E-state index is -4.37. The summed E-state index contributed by atoms with van der Waals surface area (Å²) in [5.41, 5.74) is 1.70. The number of rotatable bonds is 5. The van der Waals surface area contributed by atoms with Crippen LogP contribution in [0.4, 0.5) is 18.9 Å². The average Bonchev–Trinajstić information content (AvgIpc) is 3.40. The lowest BCUT2D eigenvalue weighted by molar-refractivity contribution is -0.137. The number of aliphatic imine (C=N–C) groups is 1. The van der Waals surface area contributed by atoms with Crippen LogP contribution in [-0.4, -0.2) is 43.4 Å². The molecule has 2 N–H and O–H groups in total. The molecule has 0 bridgehead atoms. The van der Waals surface area contributed by atoms with Crippen LogP contribution in [0.2, 0.25) is 0 Å². The van der Waals surface area contributed by atoms with Gasteiger partial charge in [0.1, 0.15) is 11.2 Å². The predicted octanol–water partition coefficient (Wildman–Crippen LogP) is 4.73. The highest BCUT2D eigenvalue weighted by Crippen LogP contribution is 2.31. The number of benzene rings is 1. The molecule has 2 atom stereocenters. The van der Waals surface area contributed by atoms with Crippen LogP contribution in [0.15, 0.2) is 47.8 Å². The van der Waals surface area contributed by atoms with Gasteiger partial charge in [-0.25, -0.2) is 9.97 Å². The first kappa shape index (κ1) is 23.1. The first-order valence-corrected chi connectivity index (χ1v) is 11.3. The van der Waals surface area contributed by atoms with E-state index in [0.29, 0.717) is 23.1 Å². The molecule has 2 unspecified atom stereocenters. The molecule has 174 valence electrons. The first-order chi connectivity index (χ1) is 15.6. The number of nitrogens with zero attached hydrogens (tertiary/aromatic N) is 4. The molecular formula is C22H23F3N6OS. The summed E-state index contributed by atoms with van der Waals surface area (Å²) in [6, 6.07) is 6.53. The largest absolute Gasteiger partial charge is 0.416 e. The van der Waals surface area contributed by atoms with Crippen LogP contribution in [0, 0.1) is 0 Å². The molecule has 1 aliphatic rings. The van der Waals surface area contributed by atoms with E-state index < -0.39 is 11.7 Å². The second kappa shape index (κ2) is 9.05. The number of nitrogens with one attached hydrogen (secondary N) is 2. The Morgan fingerprint density at radius 3 is 2.58 bits per heavy atom. The summed E-state index contributed by atoms with van der Waals surface area (Å²) in [6.45, 7) is 6.44. The Kier molecular flexibility index (Phi) is 6.33. The van der Waals surface area contributed by atoms with Crippen LogP contribution in [0.3, 0.4) is 0 Å². The number of halogens is 3. The molecule has 11 heteroatoms. The minimum Gasteiger partial charge on any atom is -0.347 e. The zero-order valence-corrected chi connectivity index (χ0v) is 19.0. The number of imidazole rings is 1. The molecule has 0 saturated carbocycles. The number of fused-ring (bicyclic) bond motifs is 1. The average molecular weight is 477 g/mol. The molecule has 0 aliphatic carbocycles. The zero-order chi connectivity index (χ0) is 23.8. The van der Waals surface area contributed by atoms with E-state index in [4.69, 9.17) is 0 Å². The third kappa shape index (κ3) is 5.13. The first-order valence-electron chi connectivity index (χ1n) is 10.4. The standard InChI is InChI=1S/C22H23F3N6OS/c1-12(2)31-11-28-17-9-26-16(8-18(17)31)20(32)29-13(3)19-10-27-21(33-19)30-15-6-4-14(5-7-15)22(23,24)25/h4-9,11-13,19H,10H2,1-3H3,(H,27,30)(H,29,32). The molecule has 1 aliphatic heterocycles. The maximum Gasteiger partial charge on any atom is 0.416 e. The normalized spacial score (nSPS) is 17.3. The molecule has 4 rings (SSSR count). The summed E-state index contributed by atoms with van der Waals surface area (Å²) >= 11 is 1.44. The topological polar surface area (TPSA) is 84.2 Å². The van der Waals surface area contributed by atoms with E-state index in [1.165, 1.54) is 23.9 Å². The summed E-state index contributed by atoms with van der Waals surface area (Å²) in [4.78, 5) is 25.8. The lowest BCUT2D eigenvalue weighted by Gasteiger charge is -2.19. The van der Waals surface area contributed by atoms with Crippen molar-refractivity contribution in [1.29, 1.82) is 0 Å². The maximum absolute atomic E-state index is 12.8. The van der Waals surface area contributed by atoms with Gasteiger partial charge in [-0.15, -0.1) is 0 Å². The Morgan fingerprint density at radius 1 is 1.18 bits per heavy atom. The molecular weight excluding hydrogens is 453 g/mol. The number of amidine groups is 1. The van der Waals surface area contributed by atoms with Crippen molar-refractivity contribution >= 4 is 39.6 Å². The molecule has 0 spiro atoms. The Hall–Kier alpha value is -3.08. The van der Waals surface area contributed by atoms with Gasteiger partial charge in [0.15, 0.2) is 5.17 Å². The summed E-state index contributed by atoms with van der Waals surface area (Å²) in [5.74, 6) is -0.286. The second-order valence-corrected chi connectivity index (χ2v) is 9.30. The fourth-order valence-corrected chi connectivity index (χ4v) is 4.46. The van der Waals surface area contributed by atoms with E-state index in [9.17, 15) is 18.0 Å². The van der Waals surface area contributed by atoms with Crippen LogP contribution in [0.25, 0.3) is 11.0 Å². The number of pyridine rings is 1. The Bertz CT molecular complexity index is 1190. The molecule has 3 heterocycles. The van der Waals surface area contributed by atoms with Crippen molar-refractivity contribution in [3.63, 3.8) is 0 Å². The van der Waals surface area contributed by atoms with E-state index in [-0.39, 0.29) is 23.2 Å². The molecule has 1 aromatic carbocycles. The van der Waals surface area contributed by atoms with Crippen molar-refractivity contribution in [2.75, 3.05) is 11.9 Å². The SMILES string of the molecule is CC(NC(=O)c1cc2c(cn1)ncn2C(C)C)C1CN=C(Nc2ccc(C(F)(F)F)cc2)S1. The monoisotopic (exact) mass is 476 g/mol. The number of hydrogen-bond acceptors (Lipinski definition) is 6. The summed E-state index contributed by atoms with van der Waals surface area (Å²) in [5, 5.41) is 6.59. The van der Waals surface area contributed by atoms with E-state index in [1.807, 2.05) is 25.3 Å². The van der Waals surface area contributed by atoms with Gasteiger partial charge in [-0.05, 0) is 51.1 Å². The zero-order valence-electron chi connectivity index (χ0n) is 18.2. The summed E-state index contributed by atoms with van der Waals surface area (Å²) in [7, 11) is 0. The van der Waals surface area contributed by atoms with Crippen molar-refractivity contribution in [2.45, 2.75) is 44.3 Å². The van der Waals surface area contributed by atoms with Crippen molar-refractivity contribution in [1.82, 2.24) is 19.9 Å². The molecule has 3 aromatic rings. The lowest BCUT2D eigenvalue weighted by Crippen LogP contribution is -2.40. The van der Waals surface area contributed by atoms with Crippen molar-refractivity contribution < 1.29 is 18.0 Å². The summed E-state index contributed by atoms with van der Waals surface area (Å²) < 4.78 is 40.1. The lowest BCUT2D eigenvalue weighted by atomic mass is 10.2. The molecule has 1 amide bonds. The van der Waals surface area contributed by atoms with Gasteiger partial charge in [0.25, 0.3) is 5.91 Å². The Labute approximate surface area is 192 Å². The fourth-order valence-electron chi connectivity index (χ4n) is 3.43. The second-order valence-electron chi connectivity index (χ2n) is 8.07. The number of carbonyl (C=O) groups excluding carboxylic acids is 1. The quantitative estimate of drug-likeness (QED) is 0.556. The number of alkyl halides is 3. The maximum atomic E-state index is 12.8. The highest BCUT2D eigenvalue weighted by Gasteiger charge is 2.30. The smallest absolute Gasteiger partial charge is 0.347 e. The van der Waals surface area contributed by atoms with Crippen LogP contribution in [0.1, 0.15) is 42.9 Å². The Balaban J connectivity index is 1.35. The van der Waals surface area contributed by atoms with Crippen LogP contribution in [0.5, 0.6) is 0 Å². The Morgan fingerprint density at radius 2 is 1.91 bits per heavy atom. The molecule has 0 fully saturated rings. The van der Waals surface area contributed by atoms with Gasteiger partial charge in [-0.3, -0.25) is 9.79 Å². The summed E-state index contributed by atoms with van der Waals surface area (Å²) in [6.07, 6.45) is -1.04. The predicted molar refractivity (Wildman–Crippen MR) is 124 cm³/mol. The molecule has 0 saturated heterocycles. The number of thioether (sulfide) groups is 1. The van der Waals surface area contributed by atoms with Gasteiger partial charge in [0.2, 0.25) is 0 Å². The van der Waals surface area contributed by atoms with Crippen LogP contribution in [-0.2, 0) is 6.18 Å². The van der Waals surface area contributed by atoms with E-state index in [0.717, 1.165) is 23.2 Å². The molecule has 0 radical (unpaired) electrons. The number of hydrogen-bond donors (Lipinski definition) is 2. The molecule has 7 nitrogen and oxygen atoms in total. The van der Waals surface area contributed by atoms with E-state index >= 15 is 0 Å². The van der Waals surface area contributed by atoms with Crippen LogP contribution >= 0.6 is 11.8 Å². The third-order valence-corrected chi connectivity index (χ3v) is 6.62. The van der Waals surface area contributed by atoms with Gasteiger partial charge in [0.05, 0.1) is 35.4 Å². The van der Waals surface area contributed by atoms with Gasteiger partial charge in [-0.1, -0.05) is 11.8 Å². The minimum absolute atomic E-state index is 0.0178. The highest BCUT2D eigenvalue weighted by molar-refractivity contribution is 8.15. The number of amides is 1. The fraction of sp³-hybridized carbons (Fsp3) is 0.364.